The van der Waals surface area contributed by atoms with Crippen LogP contribution < -0.4 is 14.7 Å². The molecule has 5 heteroatoms. The summed E-state index contributed by atoms with van der Waals surface area (Å²) in [6.07, 6.45) is 4.41. The van der Waals surface area contributed by atoms with Gasteiger partial charge in [-0.05, 0) is 49.9 Å². The third-order valence-corrected chi connectivity index (χ3v) is 5.54. The van der Waals surface area contributed by atoms with E-state index < -0.39 is 0 Å². The van der Waals surface area contributed by atoms with Crippen LogP contribution in [0.15, 0.2) is 30.5 Å². The molecular weight excluding hydrogens is 310 g/mol. The van der Waals surface area contributed by atoms with Crippen molar-refractivity contribution in [3.63, 3.8) is 0 Å². The summed E-state index contributed by atoms with van der Waals surface area (Å²) in [7, 11) is 0. The van der Waals surface area contributed by atoms with Gasteiger partial charge in [0.15, 0.2) is 0 Å². The maximum atomic E-state index is 4.83. The van der Waals surface area contributed by atoms with Crippen molar-refractivity contribution >= 4 is 17.5 Å². The van der Waals surface area contributed by atoms with E-state index >= 15 is 0 Å². The van der Waals surface area contributed by atoms with Gasteiger partial charge < -0.3 is 14.7 Å². The molecule has 0 radical (unpaired) electrons. The molecule has 0 bridgehead atoms. The minimum atomic E-state index is 0.895. The van der Waals surface area contributed by atoms with Gasteiger partial charge in [-0.25, -0.2) is 4.98 Å². The average Bonchev–Trinajstić information content (AvgIpc) is 3.19. The van der Waals surface area contributed by atoms with Crippen LogP contribution in [0.4, 0.5) is 17.5 Å². The Morgan fingerprint density at radius 1 is 0.800 bits per heavy atom. The first-order chi connectivity index (χ1) is 12.2. The number of piperazine rings is 1. The highest BCUT2D eigenvalue weighted by atomic mass is 15.3. The Morgan fingerprint density at radius 2 is 1.52 bits per heavy atom. The number of aromatic nitrogens is 2. The molecule has 0 amide bonds. The maximum Gasteiger partial charge on any atom is 0.227 e. The monoisotopic (exact) mass is 337 g/mol. The van der Waals surface area contributed by atoms with Crippen LogP contribution in [-0.4, -0.2) is 49.2 Å². The average molecular weight is 337 g/mol. The first kappa shape index (κ1) is 16.2. The molecule has 0 spiro atoms. The number of nitrogens with zero attached hydrogens (tertiary/aromatic N) is 5. The number of aryl methyl sites for hydroxylation is 1. The van der Waals surface area contributed by atoms with Crippen molar-refractivity contribution in [3.8, 4) is 0 Å². The van der Waals surface area contributed by atoms with Gasteiger partial charge in [0.25, 0.3) is 0 Å². The second kappa shape index (κ2) is 6.90. The van der Waals surface area contributed by atoms with Crippen LogP contribution in [0.5, 0.6) is 0 Å². The molecule has 0 saturated carbocycles. The zero-order valence-corrected chi connectivity index (χ0v) is 15.3. The standard InChI is InChI=1S/C20H27N5/c1-16-6-5-7-18(17(16)2)23-12-14-24(15-13-23)19-8-9-21-20(22-19)25-10-3-4-11-25/h5-9H,3-4,10-15H2,1-2H3. The first-order valence-electron chi connectivity index (χ1n) is 9.36. The predicted octanol–water partition coefficient (Wildman–Crippen LogP) is 3.02. The van der Waals surface area contributed by atoms with Gasteiger partial charge in [0.05, 0.1) is 0 Å². The van der Waals surface area contributed by atoms with Crippen molar-refractivity contribution < 1.29 is 0 Å². The zero-order valence-electron chi connectivity index (χ0n) is 15.3. The highest BCUT2D eigenvalue weighted by molar-refractivity contribution is 5.57. The van der Waals surface area contributed by atoms with Crippen LogP contribution in [0.25, 0.3) is 0 Å². The minimum Gasteiger partial charge on any atom is -0.368 e. The summed E-state index contributed by atoms with van der Waals surface area (Å²) in [6.45, 7) is 10.7. The lowest BCUT2D eigenvalue weighted by Gasteiger charge is -2.37. The Kier molecular flexibility index (Phi) is 4.47. The van der Waals surface area contributed by atoms with E-state index in [1.165, 1.54) is 29.7 Å². The first-order valence-corrected chi connectivity index (χ1v) is 9.36. The lowest BCUT2D eigenvalue weighted by molar-refractivity contribution is 0.645. The number of hydrogen-bond donors (Lipinski definition) is 0. The molecule has 0 unspecified atom stereocenters. The topological polar surface area (TPSA) is 35.5 Å². The molecule has 2 fully saturated rings. The highest BCUT2D eigenvalue weighted by Gasteiger charge is 2.21. The fourth-order valence-electron chi connectivity index (χ4n) is 3.84. The number of hydrogen-bond acceptors (Lipinski definition) is 5. The van der Waals surface area contributed by atoms with Crippen molar-refractivity contribution in [3.05, 3.63) is 41.6 Å². The molecule has 2 aliphatic rings. The van der Waals surface area contributed by atoms with Gasteiger partial charge in [0, 0.05) is 51.2 Å². The van der Waals surface area contributed by atoms with Crippen molar-refractivity contribution in [1.82, 2.24) is 9.97 Å². The number of anilines is 3. The lowest BCUT2D eigenvalue weighted by atomic mass is 10.1. The quantitative estimate of drug-likeness (QED) is 0.860. The van der Waals surface area contributed by atoms with Crippen LogP contribution in [0, 0.1) is 13.8 Å². The number of rotatable bonds is 3. The third kappa shape index (κ3) is 3.28. The fourth-order valence-corrected chi connectivity index (χ4v) is 3.84. The van der Waals surface area contributed by atoms with Gasteiger partial charge in [-0.1, -0.05) is 12.1 Å². The summed E-state index contributed by atoms with van der Waals surface area (Å²) in [5.41, 5.74) is 4.14. The summed E-state index contributed by atoms with van der Waals surface area (Å²) >= 11 is 0. The molecule has 2 saturated heterocycles. The third-order valence-electron chi connectivity index (χ3n) is 5.54. The summed E-state index contributed by atoms with van der Waals surface area (Å²) in [6, 6.07) is 8.65. The molecule has 2 aromatic rings. The summed E-state index contributed by atoms with van der Waals surface area (Å²) in [5, 5.41) is 0. The normalized spacial score (nSPS) is 18.1. The molecular formula is C20H27N5. The summed E-state index contributed by atoms with van der Waals surface area (Å²) in [5.74, 6) is 1.96. The molecule has 4 rings (SSSR count). The van der Waals surface area contributed by atoms with Crippen LogP contribution in [0.1, 0.15) is 24.0 Å². The Morgan fingerprint density at radius 3 is 2.28 bits per heavy atom. The Hall–Kier alpha value is -2.30. The fraction of sp³-hybridized carbons (Fsp3) is 0.500. The molecule has 0 aliphatic carbocycles. The molecule has 1 aromatic carbocycles. The summed E-state index contributed by atoms with van der Waals surface area (Å²) in [4.78, 5) is 16.5. The van der Waals surface area contributed by atoms with Gasteiger partial charge in [0.2, 0.25) is 5.95 Å². The molecule has 0 N–H and O–H groups in total. The molecule has 132 valence electrons. The molecule has 5 nitrogen and oxygen atoms in total. The molecule has 0 atom stereocenters. The van der Waals surface area contributed by atoms with Crippen molar-refractivity contribution in [2.45, 2.75) is 26.7 Å². The van der Waals surface area contributed by atoms with Crippen molar-refractivity contribution in [2.75, 3.05) is 54.0 Å². The van der Waals surface area contributed by atoms with E-state index in [2.05, 4.69) is 51.7 Å². The molecule has 25 heavy (non-hydrogen) atoms. The van der Waals surface area contributed by atoms with E-state index in [0.717, 1.165) is 51.0 Å². The second-order valence-electron chi connectivity index (χ2n) is 7.10. The van der Waals surface area contributed by atoms with Gasteiger partial charge in [0.1, 0.15) is 5.82 Å². The molecule has 2 aliphatic heterocycles. The SMILES string of the molecule is Cc1cccc(N2CCN(c3ccnc(N4CCCC4)n3)CC2)c1C. The predicted molar refractivity (Wildman–Crippen MR) is 104 cm³/mol. The van der Waals surface area contributed by atoms with Gasteiger partial charge in [-0.2, -0.15) is 4.98 Å². The van der Waals surface area contributed by atoms with Crippen molar-refractivity contribution in [1.29, 1.82) is 0 Å². The van der Waals surface area contributed by atoms with Crippen LogP contribution >= 0.6 is 0 Å². The van der Waals surface area contributed by atoms with E-state index in [1.54, 1.807) is 0 Å². The van der Waals surface area contributed by atoms with Crippen molar-refractivity contribution in [2.24, 2.45) is 0 Å². The van der Waals surface area contributed by atoms with E-state index in [1.807, 2.05) is 12.3 Å². The number of benzene rings is 1. The zero-order chi connectivity index (χ0) is 17.2. The lowest BCUT2D eigenvalue weighted by Crippen LogP contribution is -2.47. The van der Waals surface area contributed by atoms with Crippen LogP contribution in [0.3, 0.4) is 0 Å². The van der Waals surface area contributed by atoms with E-state index in [0.29, 0.717) is 0 Å². The summed E-state index contributed by atoms with van der Waals surface area (Å²) < 4.78 is 0. The minimum absolute atomic E-state index is 0.895. The van der Waals surface area contributed by atoms with Crippen LogP contribution in [-0.2, 0) is 0 Å². The largest absolute Gasteiger partial charge is 0.368 e. The molecule has 1 aromatic heterocycles. The maximum absolute atomic E-state index is 4.83. The second-order valence-corrected chi connectivity index (χ2v) is 7.10. The van der Waals surface area contributed by atoms with Gasteiger partial charge in [-0.3, -0.25) is 0 Å². The Balaban J connectivity index is 1.45. The van der Waals surface area contributed by atoms with E-state index in [-0.39, 0.29) is 0 Å². The van der Waals surface area contributed by atoms with E-state index in [9.17, 15) is 0 Å². The van der Waals surface area contributed by atoms with E-state index in [4.69, 9.17) is 4.98 Å². The Bertz CT molecular complexity index is 731. The highest BCUT2D eigenvalue weighted by Crippen LogP contribution is 2.25. The Labute approximate surface area is 150 Å². The van der Waals surface area contributed by atoms with Gasteiger partial charge >= 0.3 is 0 Å². The van der Waals surface area contributed by atoms with Gasteiger partial charge in [-0.15, -0.1) is 0 Å². The molecule has 3 heterocycles. The smallest absolute Gasteiger partial charge is 0.227 e. The van der Waals surface area contributed by atoms with Crippen LogP contribution in [0.2, 0.25) is 0 Å².